The lowest BCUT2D eigenvalue weighted by Gasteiger charge is -2.58. The smallest absolute Gasteiger partial charge is 0.223 e. The molecule has 0 aromatic rings. The van der Waals surface area contributed by atoms with E-state index in [9.17, 15) is 4.79 Å². The molecule has 1 heterocycles. The normalized spacial score (nSPS) is 43.2. The van der Waals surface area contributed by atoms with E-state index < -0.39 is 0 Å². The highest BCUT2D eigenvalue weighted by Crippen LogP contribution is 2.61. The summed E-state index contributed by atoms with van der Waals surface area (Å²) >= 11 is 0. The van der Waals surface area contributed by atoms with E-state index in [1.165, 1.54) is 38.5 Å². The molecule has 5 aliphatic rings. The molecule has 1 amide bonds. The van der Waals surface area contributed by atoms with E-state index in [1.807, 2.05) is 4.90 Å². The molecule has 5 rings (SSSR count). The summed E-state index contributed by atoms with van der Waals surface area (Å²) in [6.07, 6.45) is 9.16. The Morgan fingerprint density at radius 1 is 1.10 bits per heavy atom. The van der Waals surface area contributed by atoms with Crippen molar-refractivity contribution in [2.45, 2.75) is 64.3 Å². The lowest BCUT2D eigenvalue weighted by atomic mass is 9.49. The van der Waals surface area contributed by atoms with E-state index in [2.05, 4.69) is 13.8 Å². The second-order valence-corrected chi connectivity index (χ2v) is 9.23. The van der Waals surface area contributed by atoms with E-state index in [4.69, 9.17) is 5.73 Å². The summed E-state index contributed by atoms with van der Waals surface area (Å²) in [5.74, 6) is 3.65. The average molecular weight is 290 g/mol. The zero-order valence-corrected chi connectivity index (χ0v) is 13.6. The van der Waals surface area contributed by atoms with Crippen molar-refractivity contribution in [2.24, 2.45) is 34.8 Å². The molecule has 5 fully saturated rings. The van der Waals surface area contributed by atoms with Crippen molar-refractivity contribution in [3.8, 4) is 0 Å². The van der Waals surface area contributed by atoms with E-state index >= 15 is 0 Å². The van der Waals surface area contributed by atoms with Gasteiger partial charge in [-0.1, -0.05) is 13.8 Å². The minimum Gasteiger partial charge on any atom is -0.339 e. The topological polar surface area (TPSA) is 46.3 Å². The number of likely N-dealkylation sites (tertiary alicyclic amines) is 1. The minimum atomic E-state index is -0.128. The van der Waals surface area contributed by atoms with Crippen LogP contribution in [0, 0.1) is 29.1 Å². The van der Waals surface area contributed by atoms with Crippen molar-refractivity contribution in [3.05, 3.63) is 0 Å². The molecule has 1 aliphatic heterocycles. The van der Waals surface area contributed by atoms with Gasteiger partial charge in [-0.2, -0.15) is 0 Å². The fourth-order valence-corrected chi connectivity index (χ4v) is 6.14. The molecule has 0 spiro atoms. The van der Waals surface area contributed by atoms with Gasteiger partial charge in [0, 0.05) is 19.5 Å². The Labute approximate surface area is 128 Å². The van der Waals surface area contributed by atoms with Gasteiger partial charge in [-0.3, -0.25) is 4.79 Å². The Hall–Kier alpha value is -0.570. The average Bonchev–Trinajstić information content (AvgIpc) is 2.32. The first kappa shape index (κ1) is 14.0. The molecular weight excluding hydrogens is 260 g/mol. The van der Waals surface area contributed by atoms with Gasteiger partial charge in [-0.05, 0) is 67.6 Å². The van der Waals surface area contributed by atoms with Crippen molar-refractivity contribution in [1.82, 2.24) is 4.90 Å². The fraction of sp³-hybridized carbons (Fsp3) is 0.944. The third-order valence-electron chi connectivity index (χ3n) is 7.16. The highest BCUT2D eigenvalue weighted by atomic mass is 16.2. The summed E-state index contributed by atoms with van der Waals surface area (Å²) in [4.78, 5) is 14.7. The van der Waals surface area contributed by atoms with E-state index in [1.54, 1.807) is 0 Å². The second-order valence-electron chi connectivity index (χ2n) is 9.23. The van der Waals surface area contributed by atoms with Crippen LogP contribution in [0.1, 0.15) is 58.8 Å². The predicted molar refractivity (Wildman–Crippen MR) is 83.6 cm³/mol. The van der Waals surface area contributed by atoms with Crippen molar-refractivity contribution in [1.29, 1.82) is 0 Å². The SMILES string of the molecule is CC(C)C1(N)CN(C(=O)CC23CC4CC(CC(C4)C2)C3)C1. The molecule has 0 radical (unpaired) electrons. The Bertz CT molecular complexity index is 415. The van der Waals surface area contributed by atoms with Crippen molar-refractivity contribution in [2.75, 3.05) is 13.1 Å². The van der Waals surface area contributed by atoms with Gasteiger partial charge < -0.3 is 10.6 Å². The van der Waals surface area contributed by atoms with Crippen molar-refractivity contribution >= 4 is 5.91 Å². The van der Waals surface area contributed by atoms with Crippen LogP contribution in [0.5, 0.6) is 0 Å². The molecule has 1 saturated heterocycles. The molecule has 21 heavy (non-hydrogen) atoms. The van der Waals surface area contributed by atoms with Gasteiger partial charge in [0.25, 0.3) is 0 Å². The van der Waals surface area contributed by atoms with Gasteiger partial charge in [0.2, 0.25) is 5.91 Å². The summed E-state index contributed by atoms with van der Waals surface area (Å²) in [6.45, 7) is 5.88. The molecule has 4 saturated carbocycles. The number of carbonyl (C=O) groups excluding carboxylic acids is 1. The first-order valence-corrected chi connectivity index (χ1v) is 8.94. The molecular formula is C18H30N2O. The Balaban J connectivity index is 1.40. The molecule has 4 aliphatic carbocycles. The first-order valence-electron chi connectivity index (χ1n) is 8.94. The summed E-state index contributed by atoms with van der Waals surface area (Å²) in [6, 6.07) is 0. The molecule has 3 nitrogen and oxygen atoms in total. The molecule has 118 valence electrons. The van der Waals surface area contributed by atoms with Gasteiger partial charge in [0.05, 0.1) is 5.54 Å². The van der Waals surface area contributed by atoms with E-state index in [0.717, 1.165) is 37.3 Å². The van der Waals surface area contributed by atoms with E-state index in [-0.39, 0.29) is 5.54 Å². The number of carbonyl (C=O) groups is 1. The highest BCUT2D eigenvalue weighted by molar-refractivity contribution is 5.78. The predicted octanol–water partition coefficient (Wildman–Crippen LogP) is 2.79. The van der Waals surface area contributed by atoms with Crippen LogP contribution in [-0.4, -0.2) is 29.4 Å². The summed E-state index contributed by atoms with van der Waals surface area (Å²) in [5, 5.41) is 0. The minimum absolute atomic E-state index is 0.128. The number of nitrogens with two attached hydrogens (primary N) is 1. The maximum absolute atomic E-state index is 12.7. The summed E-state index contributed by atoms with van der Waals surface area (Å²) in [5.41, 5.74) is 6.58. The van der Waals surface area contributed by atoms with Crippen LogP contribution in [0.4, 0.5) is 0 Å². The van der Waals surface area contributed by atoms with Crippen LogP contribution in [0.25, 0.3) is 0 Å². The van der Waals surface area contributed by atoms with E-state index in [0.29, 0.717) is 17.2 Å². The maximum atomic E-state index is 12.7. The molecule has 0 aromatic heterocycles. The van der Waals surface area contributed by atoms with Gasteiger partial charge in [-0.25, -0.2) is 0 Å². The summed E-state index contributed by atoms with van der Waals surface area (Å²) in [7, 11) is 0. The quantitative estimate of drug-likeness (QED) is 0.869. The third-order valence-corrected chi connectivity index (χ3v) is 7.16. The maximum Gasteiger partial charge on any atom is 0.223 e. The van der Waals surface area contributed by atoms with Crippen LogP contribution in [-0.2, 0) is 4.79 Å². The fourth-order valence-electron chi connectivity index (χ4n) is 6.14. The lowest BCUT2D eigenvalue weighted by Crippen LogP contribution is -2.71. The molecule has 0 aromatic carbocycles. The van der Waals surface area contributed by atoms with Gasteiger partial charge >= 0.3 is 0 Å². The van der Waals surface area contributed by atoms with Crippen molar-refractivity contribution in [3.63, 3.8) is 0 Å². The molecule has 4 bridgehead atoms. The number of amides is 1. The number of rotatable bonds is 3. The lowest BCUT2D eigenvalue weighted by molar-refractivity contribution is -0.148. The van der Waals surface area contributed by atoms with Crippen LogP contribution in [0.3, 0.4) is 0 Å². The van der Waals surface area contributed by atoms with Crippen LogP contribution >= 0.6 is 0 Å². The van der Waals surface area contributed by atoms with Gasteiger partial charge in [0.1, 0.15) is 0 Å². The largest absolute Gasteiger partial charge is 0.339 e. The first-order chi connectivity index (χ1) is 9.87. The summed E-state index contributed by atoms with van der Waals surface area (Å²) < 4.78 is 0. The second kappa shape index (κ2) is 4.47. The molecule has 0 atom stereocenters. The Morgan fingerprint density at radius 2 is 1.57 bits per heavy atom. The number of hydrogen-bond donors (Lipinski definition) is 1. The van der Waals surface area contributed by atoms with Gasteiger partial charge in [0.15, 0.2) is 0 Å². The number of hydrogen-bond acceptors (Lipinski definition) is 2. The Morgan fingerprint density at radius 3 is 2.00 bits per heavy atom. The standard InChI is InChI=1S/C18H30N2O/c1-12(2)18(19)10-20(11-18)16(21)9-17-6-13-3-14(7-17)5-15(4-13)8-17/h12-15H,3-11,19H2,1-2H3. The third kappa shape index (κ3) is 2.23. The Kier molecular flexibility index (Phi) is 2.99. The molecule has 2 N–H and O–H groups in total. The van der Waals surface area contributed by atoms with Crippen LogP contribution in [0.2, 0.25) is 0 Å². The molecule has 0 unspecified atom stereocenters. The monoisotopic (exact) mass is 290 g/mol. The van der Waals surface area contributed by atoms with Crippen LogP contribution < -0.4 is 5.73 Å². The number of nitrogens with zero attached hydrogens (tertiary/aromatic N) is 1. The van der Waals surface area contributed by atoms with Gasteiger partial charge in [-0.15, -0.1) is 0 Å². The highest BCUT2D eigenvalue weighted by Gasteiger charge is 2.53. The van der Waals surface area contributed by atoms with Crippen molar-refractivity contribution < 1.29 is 4.79 Å². The zero-order chi connectivity index (χ0) is 14.8. The zero-order valence-electron chi connectivity index (χ0n) is 13.6. The van der Waals surface area contributed by atoms with Crippen LogP contribution in [0.15, 0.2) is 0 Å². The molecule has 3 heteroatoms.